The highest BCUT2D eigenvalue weighted by molar-refractivity contribution is 5.50. The highest BCUT2D eigenvalue weighted by atomic mass is 16.5. The van der Waals surface area contributed by atoms with Gasteiger partial charge in [-0.1, -0.05) is 12.1 Å². The summed E-state index contributed by atoms with van der Waals surface area (Å²) in [6.07, 6.45) is 0. The Hall–Kier alpha value is -1.55. The van der Waals surface area contributed by atoms with Crippen LogP contribution < -0.4 is 5.32 Å². The summed E-state index contributed by atoms with van der Waals surface area (Å²) >= 11 is 0. The third-order valence-electron chi connectivity index (χ3n) is 2.10. The average molecular weight is 206 g/mol. The Labute approximate surface area is 88.3 Å². The molecule has 2 aromatic rings. The maximum atomic E-state index is 5.43. The molecule has 4 heteroatoms. The molecule has 0 aliphatic heterocycles. The standard InChI is InChI=1S/C11H14N2O2/c1-3-12-7-9-6-11(15-13-9)10-5-4-8(2)14-10/h4-6,12H,3,7H2,1-2H3. The topological polar surface area (TPSA) is 51.2 Å². The lowest BCUT2D eigenvalue weighted by molar-refractivity contribution is 0.406. The predicted octanol–water partition coefficient (Wildman–Crippen LogP) is 2.35. The van der Waals surface area contributed by atoms with Crippen LogP contribution in [0.1, 0.15) is 18.4 Å². The molecule has 0 aliphatic carbocycles. The van der Waals surface area contributed by atoms with E-state index >= 15 is 0 Å². The van der Waals surface area contributed by atoms with Gasteiger partial charge in [-0.3, -0.25) is 0 Å². The fourth-order valence-corrected chi connectivity index (χ4v) is 1.33. The summed E-state index contributed by atoms with van der Waals surface area (Å²) in [5, 5.41) is 7.12. The maximum Gasteiger partial charge on any atom is 0.202 e. The van der Waals surface area contributed by atoms with Gasteiger partial charge in [-0.25, -0.2) is 0 Å². The monoisotopic (exact) mass is 206 g/mol. The molecule has 2 heterocycles. The second kappa shape index (κ2) is 4.31. The van der Waals surface area contributed by atoms with Crippen LogP contribution in [0.5, 0.6) is 0 Å². The van der Waals surface area contributed by atoms with E-state index < -0.39 is 0 Å². The summed E-state index contributed by atoms with van der Waals surface area (Å²) in [4.78, 5) is 0. The number of nitrogens with zero attached hydrogens (tertiary/aromatic N) is 1. The van der Waals surface area contributed by atoms with Gasteiger partial charge in [0.05, 0.1) is 5.69 Å². The third kappa shape index (κ3) is 2.27. The smallest absolute Gasteiger partial charge is 0.202 e. The van der Waals surface area contributed by atoms with Crippen LogP contribution in [-0.4, -0.2) is 11.7 Å². The molecular formula is C11H14N2O2. The number of rotatable bonds is 4. The van der Waals surface area contributed by atoms with E-state index in [0.29, 0.717) is 5.76 Å². The second-order valence-corrected chi connectivity index (χ2v) is 3.37. The van der Waals surface area contributed by atoms with Crippen molar-refractivity contribution in [2.75, 3.05) is 6.54 Å². The second-order valence-electron chi connectivity index (χ2n) is 3.37. The van der Waals surface area contributed by atoms with Crippen molar-refractivity contribution in [2.24, 2.45) is 0 Å². The first-order chi connectivity index (χ1) is 7.29. The molecule has 0 spiro atoms. The quantitative estimate of drug-likeness (QED) is 0.834. The first kappa shape index (κ1) is 9.98. The van der Waals surface area contributed by atoms with Crippen molar-refractivity contribution in [1.82, 2.24) is 10.5 Å². The third-order valence-corrected chi connectivity index (χ3v) is 2.10. The zero-order valence-corrected chi connectivity index (χ0v) is 8.91. The zero-order chi connectivity index (χ0) is 10.7. The Kier molecular flexibility index (Phi) is 2.87. The van der Waals surface area contributed by atoms with Gasteiger partial charge in [0, 0.05) is 12.6 Å². The SMILES string of the molecule is CCNCc1cc(-c2ccc(C)o2)on1. The van der Waals surface area contributed by atoms with Crippen LogP contribution in [0.4, 0.5) is 0 Å². The van der Waals surface area contributed by atoms with E-state index in [-0.39, 0.29) is 0 Å². The van der Waals surface area contributed by atoms with Gasteiger partial charge in [0.15, 0.2) is 5.76 Å². The summed E-state index contributed by atoms with van der Waals surface area (Å²) < 4.78 is 10.6. The van der Waals surface area contributed by atoms with Crippen molar-refractivity contribution >= 4 is 0 Å². The molecule has 0 radical (unpaired) electrons. The maximum absolute atomic E-state index is 5.43. The first-order valence-corrected chi connectivity index (χ1v) is 5.02. The Morgan fingerprint density at radius 1 is 1.33 bits per heavy atom. The van der Waals surface area contributed by atoms with Gasteiger partial charge >= 0.3 is 0 Å². The average Bonchev–Trinajstić information content (AvgIpc) is 2.83. The van der Waals surface area contributed by atoms with Gasteiger partial charge < -0.3 is 14.3 Å². The van der Waals surface area contributed by atoms with E-state index in [9.17, 15) is 0 Å². The van der Waals surface area contributed by atoms with E-state index in [4.69, 9.17) is 8.94 Å². The molecule has 0 aromatic carbocycles. The van der Waals surface area contributed by atoms with Crippen molar-refractivity contribution in [3.63, 3.8) is 0 Å². The molecule has 0 bridgehead atoms. The Bertz CT molecular complexity index is 431. The van der Waals surface area contributed by atoms with Gasteiger partial charge in [0.25, 0.3) is 0 Å². The van der Waals surface area contributed by atoms with Crippen LogP contribution >= 0.6 is 0 Å². The molecular weight excluding hydrogens is 192 g/mol. The van der Waals surface area contributed by atoms with Crippen LogP contribution in [0.2, 0.25) is 0 Å². The van der Waals surface area contributed by atoms with Crippen LogP contribution in [-0.2, 0) is 6.54 Å². The van der Waals surface area contributed by atoms with Crippen molar-refractivity contribution in [3.8, 4) is 11.5 Å². The van der Waals surface area contributed by atoms with Gasteiger partial charge in [0.2, 0.25) is 5.76 Å². The van der Waals surface area contributed by atoms with E-state index in [1.54, 1.807) is 0 Å². The van der Waals surface area contributed by atoms with Gasteiger partial charge in [-0.05, 0) is 25.6 Å². The minimum absolute atomic E-state index is 0.677. The highest BCUT2D eigenvalue weighted by Gasteiger charge is 2.09. The molecule has 0 unspecified atom stereocenters. The molecule has 0 atom stereocenters. The van der Waals surface area contributed by atoms with Crippen molar-refractivity contribution < 1.29 is 8.94 Å². The number of hydrogen-bond donors (Lipinski definition) is 1. The molecule has 0 fully saturated rings. The highest BCUT2D eigenvalue weighted by Crippen LogP contribution is 2.22. The van der Waals surface area contributed by atoms with Crippen molar-refractivity contribution in [2.45, 2.75) is 20.4 Å². The molecule has 2 rings (SSSR count). The lowest BCUT2D eigenvalue weighted by Crippen LogP contribution is -2.11. The molecule has 2 aromatic heterocycles. The minimum atomic E-state index is 0.677. The van der Waals surface area contributed by atoms with Crippen LogP contribution in [0.25, 0.3) is 11.5 Å². The van der Waals surface area contributed by atoms with Crippen molar-refractivity contribution in [1.29, 1.82) is 0 Å². The van der Waals surface area contributed by atoms with E-state index in [1.807, 2.05) is 25.1 Å². The minimum Gasteiger partial charge on any atom is -0.458 e. The summed E-state index contributed by atoms with van der Waals surface area (Å²) in [5.41, 5.74) is 0.890. The predicted molar refractivity (Wildman–Crippen MR) is 56.3 cm³/mol. The lowest BCUT2D eigenvalue weighted by Gasteiger charge is -1.93. The summed E-state index contributed by atoms with van der Waals surface area (Å²) in [6, 6.07) is 5.68. The molecule has 0 saturated carbocycles. The number of furan rings is 1. The van der Waals surface area contributed by atoms with Crippen LogP contribution in [0.15, 0.2) is 27.1 Å². The summed E-state index contributed by atoms with van der Waals surface area (Å²) in [6.45, 7) is 5.60. The van der Waals surface area contributed by atoms with Gasteiger partial charge in [-0.15, -0.1) is 0 Å². The lowest BCUT2D eigenvalue weighted by atomic mass is 10.3. The molecule has 4 nitrogen and oxygen atoms in total. The Morgan fingerprint density at radius 3 is 2.87 bits per heavy atom. The molecule has 80 valence electrons. The summed E-state index contributed by atoms with van der Waals surface area (Å²) in [5.74, 6) is 2.27. The number of aryl methyl sites for hydroxylation is 1. The van der Waals surface area contributed by atoms with Crippen molar-refractivity contribution in [3.05, 3.63) is 29.7 Å². The number of aromatic nitrogens is 1. The Balaban J connectivity index is 2.13. The first-order valence-electron chi connectivity index (χ1n) is 5.02. The van der Waals surface area contributed by atoms with E-state index in [0.717, 1.165) is 30.3 Å². The molecule has 15 heavy (non-hydrogen) atoms. The van der Waals surface area contributed by atoms with Crippen LogP contribution in [0, 0.1) is 6.92 Å². The normalized spacial score (nSPS) is 10.8. The number of nitrogens with one attached hydrogen (secondary N) is 1. The fourth-order valence-electron chi connectivity index (χ4n) is 1.33. The number of hydrogen-bond acceptors (Lipinski definition) is 4. The van der Waals surface area contributed by atoms with E-state index in [1.165, 1.54) is 0 Å². The molecule has 0 saturated heterocycles. The summed E-state index contributed by atoms with van der Waals surface area (Å²) in [7, 11) is 0. The van der Waals surface area contributed by atoms with Crippen LogP contribution in [0.3, 0.4) is 0 Å². The van der Waals surface area contributed by atoms with E-state index in [2.05, 4.69) is 17.4 Å². The Morgan fingerprint density at radius 2 is 2.20 bits per heavy atom. The zero-order valence-electron chi connectivity index (χ0n) is 8.91. The molecule has 0 amide bonds. The fraction of sp³-hybridized carbons (Fsp3) is 0.364. The molecule has 0 aliphatic rings. The largest absolute Gasteiger partial charge is 0.458 e. The van der Waals surface area contributed by atoms with Gasteiger partial charge in [-0.2, -0.15) is 0 Å². The molecule has 1 N–H and O–H groups in total. The van der Waals surface area contributed by atoms with Gasteiger partial charge in [0.1, 0.15) is 5.76 Å².